The SMILES string of the molecule is COc1cccc(B(O)O)c1.O=C([O-])[O-].[K+].[K+]. The van der Waals surface area contributed by atoms with Crippen molar-refractivity contribution in [3.8, 4) is 5.75 Å². The Bertz CT molecular complexity index is 319. The Hall–Kier alpha value is 1.55. The summed E-state index contributed by atoms with van der Waals surface area (Å²) in [5.41, 5.74) is 0.435. The predicted octanol–water partition coefficient (Wildman–Crippen LogP) is -9.06. The van der Waals surface area contributed by atoms with Crippen LogP contribution in [0.2, 0.25) is 0 Å². The zero-order chi connectivity index (χ0) is 11.8. The molecule has 6 nitrogen and oxygen atoms in total. The molecule has 0 bridgehead atoms. The van der Waals surface area contributed by atoms with Crippen LogP contribution in [-0.4, -0.2) is 30.4 Å². The van der Waals surface area contributed by atoms with Gasteiger partial charge < -0.3 is 29.8 Å². The standard InChI is InChI=1S/C7H9BO3.CH2O3.2K/c1-11-7-4-2-3-6(5-7)8(9)10;2-1(3)4;;/h2-5,9-10H,1H3;(H2,2,3,4);;/q;;2*+1/p-2. The maximum Gasteiger partial charge on any atom is 1.00 e. The normalized spacial score (nSPS) is 7.47. The number of ether oxygens (including phenoxy) is 1. The zero-order valence-electron chi connectivity index (χ0n) is 9.91. The van der Waals surface area contributed by atoms with Crippen molar-refractivity contribution in [2.75, 3.05) is 7.11 Å². The molecule has 2 N–H and O–H groups in total. The van der Waals surface area contributed by atoms with Crippen molar-refractivity contribution < 1.29 is 133 Å². The third-order valence-corrected chi connectivity index (χ3v) is 1.39. The molecule has 0 aliphatic heterocycles. The maximum atomic E-state index is 8.74. The van der Waals surface area contributed by atoms with Crippen molar-refractivity contribution in [3.63, 3.8) is 0 Å². The summed E-state index contributed by atoms with van der Waals surface area (Å²) >= 11 is 0. The fourth-order valence-electron chi connectivity index (χ4n) is 0.802. The molecule has 82 valence electrons. The number of hydrogen-bond acceptors (Lipinski definition) is 6. The van der Waals surface area contributed by atoms with Gasteiger partial charge in [0, 0.05) is 0 Å². The second kappa shape index (κ2) is 14.0. The summed E-state index contributed by atoms with van der Waals surface area (Å²) in [5.74, 6) is 0.621. The Labute approximate surface area is 184 Å². The molecule has 0 amide bonds. The van der Waals surface area contributed by atoms with E-state index in [0.29, 0.717) is 11.2 Å². The molecule has 0 aromatic heterocycles. The van der Waals surface area contributed by atoms with Crippen LogP contribution in [0.4, 0.5) is 4.79 Å². The molecular formula is C8H9BK2O6. The molecule has 0 aliphatic rings. The Morgan fingerprint density at radius 1 is 1.29 bits per heavy atom. The van der Waals surface area contributed by atoms with E-state index >= 15 is 0 Å². The van der Waals surface area contributed by atoms with Gasteiger partial charge in [-0.25, -0.2) is 0 Å². The maximum absolute atomic E-state index is 8.74. The Kier molecular flexibility index (Phi) is 19.4. The van der Waals surface area contributed by atoms with E-state index in [2.05, 4.69) is 0 Å². The van der Waals surface area contributed by atoms with Crippen LogP contribution >= 0.6 is 0 Å². The summed E-state index contributed by atoms with van der Waals surface area (Å²) in [6.07, 6.45) is -2.33. The molecule has 9 heteroatoms. The number of carbonyl (C=O) groups excluding carboxylic acids is 1. The fourth-order valence-corrected chi connectivity index (χ4v) is 0.802. The third-order valence-electron chi connectivity index (χ3n) is 1.39. The van der Waals surface area contributed by atoms with Crippen LogP contribution in [0.1, 0.15) is 0 Å². The van der Waals surface area contributed by atoms with Gasteiger partial charge >= 0.3 is 110 Å². The van der Waals surface area contributed by atoms with Gasteiger partial charge in [-0.2, -0.15) is 0 Å². The van der Waals surface area contributed by atoms with E-state index in [4.69, 9.17) is 29.8 Å². The molecule has 0 heterocycles. The summed E-state index contributed by atoms with van der Waals surface area (Å²) in [5, 5.41) is 34.2. The second-order valence-electron chi connectivity index (χ2n) is 2.40. The monoisotopic (exact) mass is 290 g/mol. The van der Waals surface area contributed by atoms with Gasteiger partial charge in [0.2, 0.25) is 0 Å². The number of carboxylic acid groups (broad SMARTS) is 2. The van der Waals surface area contributed by atoms with Crippen molar-refractivity contribution in [2.24, 2.45) is 0 Å². The fraction of sp³-hybridized carbons (Fsp3) is 0.125. The van der Waals surface area contributed by atoms with E-state index in [1.54, 1.807) is 24.3 Å². The first kappa shape index (κ1) is 23.6. The van der Waals surface area contributed by atoms with Gasteiger partial charge in [0.25, 0.3) is 0 Å². The first-order valence-corrected chi connectivity index (χ1v) is 3.85. The van der Waals surface area contributed by atoms with E-state index in [9.17, 15) is 0 Å². The van der Waals surface area contributed by atoms with Crippen LogP contribution in [0.25, 0.3) is 0 Å². The number of hydrogen-bond donors (Lipinski definition) is 2. The van der Waals surface area contributed by atoms with Crippen molar-refractivity contribution >= 4 is 18.7 Å². The van der Waals surface area contributed by atoms with Crippen molar-refractivity contribution in [1.82, 2.24) is 0 Å². The van der Waals surface area contributed by atoms with Crippen LogP contribution < -0.4 is 123 Å². The average molecular weight is 290 g/mol. The van der Waals surface area contributed by atoms with Crippen LogP contribution in [0, 0.1) is 0 Å². The van der Waals surface area contributed by atoms with E-state index in [0.717, 1.165) is 0 Å². The molecular weight excluding hydrogens is 281 g/mol. The quantitative estimate of drug-likeness (QED) is 0.523. The minimum atomic E-state index is -2.33. The van der Waals surface area contributed by atoms with E-state index < -0.39 is 13.3 Å². The summed E-state index contributed by atoms with van der Waals surface area (Å²) in [6.45, 7) is 0. The first-order valence-electron chi connectivity index (χ1n) is 3.85. The van der Waals surface area contributed by atoms with E-state index in [1.165, 1.54) is 7.11 Å². The largest absolute Gasteiger partial charge is 1.00 e. The van der Waals surface area contributed by atoms with Gasteiger partial charge in [-0.15, -0.1) is 0 Å². The molecule has 0 aliphatic carbocycles. The number of methoxy groups -OCH3 is 1. The van der Waals surface area contributed by atoms with Gasteiger partial charge in [0.15, 0.2) is 0 Å². The van der Waals surface area contributed by atoms with Crippen molar-refractivity contribution in [2.45, 2.75) is 0 Å². The predicted molar refractivity (Wildman–Crippen MR) is 48.2 cm³/mol. The molecule has 0 saturated carbocycles. The molecule has 0 radical (unpaired) electrons. The minimum absolute atomic E-state index is 0. The Morgan fingerprint density at radius 3 is 2.12 bits per heavy atom. The van der Waals surface area contributed by atoms with Gasteiger partial charge in [0.05, 0.1) is 7.11 Å². The summed E-state index contributed by atoms with van der Waals surface area (Å²) in [7, 11) is 0.105. The molecule has 1 aromatic rings. The smallest absolute Gasteiger partial charge is 0.652 e. The number of benzene rings is 1. The van der Waals surface area contributed by atoms with Gasteiger partial charge in [-0.1, -0.05) is 12.1 Å². The molecule has 0 unspecified atom stereocenters. The third kappa shape index (κ3) is 13.8. The molecule has 0 fully saturated rings. The Balaban J connectivity index is -0.000000289. The minimum Gasteiger partial charge on any atom is -0.652 e. The van der Waals surface area contributed by atoms with Gasteiger partial charge in [-0.05, 0) is 23.8 Å². The molecule has 1 aromatic carbocycles. The van der Waals surface area contributed by atoms with Crippen LogP contribution in [-0.2, 0) is 0 Å². The van der Waals surface area contributed by atoms with Crippen LogP contribution in [0.5, 0.6) is 5.75 Å². The number of carbonyl (C=O) groups is 1. The summed E-state index contributed by atoms with van der Waals surface area (Å²) < 4.78 is 4.88. The van der Waals surface area contributed by atoms with E-state index in [-0.39, 0.29) is 103 Å². The van der Waals surface area contributed by atoms with Crippen LogP contribution in [0.3, 0.4) is 0 Å². The summed E-state index contributed by atoms with van der Waals surface area (Å²) in [4.78, 5) is 8.33. The van der Waals surface area contributed by atoms with Crippen molar-refractivity contribution in [3.05, 3.63) is 24.3 Å². The molecule has 0 atom stereocenters. The molecule has 1 rings (SSSR count). The topological polar surface area (TPSA) is 113 Å². The zero-order valence-corrected chi connectivity index (χ0v) is 16.2. The number of rotatable bonds is 2. The van der Waals surface area contributed by atoms with Gasteiger partial charge in [-0.3, -0.25) is 0 Å². The molecule has 17 heavy (non-hydrogen) atoms. The first-order chi connectivity index (χ1) is 6.97. The molecule has 0 saturated heterocycles. The van der Waals surface area contributed by atoms with Crippen LogP contribution in [0.15, 0.2) is 24.3 Å². The summed E-state index contributed by atoms with van der Waals surface area (Å²) in [6, 6.07) is 6.64. The molecule has 0 spiro atoms. The Morgan fingerprint density at radius 2 is 1.76 bits per heavy atom. The second-order valence-corrected chi connectivity index (χ2v) is 2.40. The van der Waals surface area contributed by atoms with Crippen molar-refractivity contribution in [1.29, 1.82) is 0 Å². The average Bonchev–Trinajstić information content (AvgIpc) is 2.17. The van der Waals surface area contributed by atoms with Gasteiger partial charge in [0.1, 0.15) is 5.75 Å². The van der Waals surface area contributed by atoms with E-state index in [1.807, 2.05) is 0 Å².